The fraction of sp³-hybridized carbons (Fsp3) is 0.469. The molecule has 2 N–H and O–H groups in total. The van der Waals surface area contributed by atoms with E-state index in [1.54, 1.807) is 16.7 Å². The van der Waals surface area contributed by atoms with Gasteiger partial charge in [-0.3, -0.25) is 14.4 Å². The first-order valence-corrected chi connectivity index (χ1v) is 15.4. The number of benzene rings is 2. The molecule has 0 saturated carbocycles. The van der Waals surface area contributed by atoms with Gasteiger partial charge in [-0.2, -0.15) is 11.8 Å². The average molecular weight is 565 g/mol. The summed E-state index contributed by atoms with van der Waals surface area (Å²) in [4.78, 5) is 41.1. The summed E-state index contributed by atoms with van der Waals surface area (Å²) < 4.78 is 5.54. The number of allylic oxidation sites excluding steroid dienone is 2. The van der Waals surface area contributed by atoms with Gasteiger partial charge in [-0.1, -0.05) is 66.7 Å². The molecule has 0 saturated heterocycles. The van der Waals surface area contributed by atoms with Crippen molar-refractivity contribution in [2.75, 3.05) is 19.0 Å². The third kappa shape index (κ3) is 8.96. The number of carbonyl (C=O) groups excluding carboxylic acids is 3. The number of amides is 2. The molecule has 2 amide bonds. The number of rotatable bonds is 7. The van der Waals surface area contributed by atoms with Crippen molar-refractivity contribution in [3.05, 3.63) is 83.4 Å². The molecule has 0 unspecified atom stereocenters. The van der Waals surface area contributed by atoms with Gasteiger partial charge in [0.15, 0.2) is 0 Å². The van der Waals surface area contributed by atoms with Gasteiger partial charge in [0.25, 0.3) is 0 Å². The van der Waals surface area contributed by atoms with E-state index in [1.165, 1.54) is 5.56 Å². The summed E-state index contributed by atoms with van der Waals surface area (Å²) in [6.45, 7) is 0.417. The van der Waals surface area contributed by atoms with Gasteiger partial charge in [-0.15, -0.1) is 0 Å². The predicted octanol–water partition coefficient (Wildman–Crippen LogP) is 4.42. The first-order chi connectivity index (χ1) is 19.5. The van der Waals surface area contributed by atoms with Crippen LogP contribution in [-0.4, -0.2) is 58.8 Å². The Kier molecular flexibility index (Phi) is 11.7. The summed E-state index contributed by atoms with van der Waals surface area (Å²) in [6, 6.07) is 17.4. The third-order valence-corrected chi connectivity index (χ3v) is 8.67. The molecular weight excluding hydrogens is 524 g/mol. The number of cyclic esters (lactones) is 1. The lowest BCUT2D eigenvalue weighted by atomic mass is 9.92. The number of esters is 1. The zero-order chi connectivity index (χ0) is 28.2. The van der Waals surface area contributed by atoms with Gasteiger partial charge in [-0.05, 0) is 48.8 Å². The molecular formula is C32H40N2O5S. The van der Waals surface area contributed by atoms with Crippen LogP contribution in [0.3, 0.4) is 0 Å². The summed E-state index contributed by atoms with van der Waals surface area (Å²) in [5.74, 6) is 0.213. The van der Waals surface area contributed by atoms with Crippen LogP contribution in [0.1, 0.15) is 55.2 Å². The molecule has 0 radical (unpaired) electrons. The first-order valence-electron chi connectivity index (χ1n) is 14.2. The molecule has 2 aliphatic heterocycles. The highest BCUT2D eigenvalue weighted by Crippen LogP contribution is 2.25. The zero-order valence-corrected chi connectivity index (χ0v) is 23.8. The first kappa shape index (κ1) is 29.9. The van der Waals surface area contributed by atoms with E-state index in [0.717, 1.165) is 36.1 Å². The van der Waals surface area contributed by atoms with Crippen molar-refractivity contribution in [3.63, 3.8) is 0 Å². The molecule has 2 aliphatic rings. The maximum Gasteiger partial charge on any atom is 0.305 e. The van der Waals surface area contributed by atoms with Gasteiger partial charge in [0.1, 0.15) is 6.61 Å². The van der Waals surface area contributed by atoms with Crippen LogP contribution >= 0.6 is 11.8 Å². The number of hydrogen-bond donors (Lipinski definition) is 2. The fourth-order valence-corrected chi connectivity index (χ4v) is 6.18. The molecule has 8 heteroatoms. The molecule has 0 bridgehead atoms. The lowest BCUT2D eigenvalue weighted by Crippen LogP contribution is -2.48. The normalized spacial score (nSPS) is 22.5. The smallest absolute Gasteiger partial charge is 0.305 e. The van der Waals surface area contributed by atoms with Gasteiger partial charge in [0, 0.05) is 30.9 Å². The minimum absolute atomic E-state index is 0.0541. The highest BCUT2D eigenvalue weighted by Gasteiger charge is 2.32. The molecule has 40 heavy (non-hydrogen) atoms. The Morgan fingerprint density at radius 2 is 1.80 bits per heavy atom. The summed E-state index contributed by atoms with van der Waals surface area (Å²) in [6.07, 6.45) is 7.91. The van der Waals surface area contributed by atoms with E-state index in [-0.39, 0.29) is 49.5 Å². The summed E-state index contributed by atoms with van der Waals surface area (Å²) >= 11 is 1.67. The van der Waals surface area contributed by atoms with E-state index < -0.39 is 5.92 Å². The number of fused-ring (bicyclic) bond motifs is 1. The Labute approximate surface area is 241 Å². The van der Waals surface area contributed by atoms with E-state index >= 15 is 0 Å². The average Bonchev–Trinajstić information content (AvgIpc) is 2.97. The lowest BCUT2D eigenvalue weighted by Gasteiger charge is -2.36. The molecule has 0 aromatic heterocycles. The number of aliphatic hydroxyl groups excluding tert-OH is 1. The Morgan fingerprint density at radius 1 is 1.02 bits per heavy atom. The minimum atomic E-state index is -0.555. The van der Waals surface area contributed by atoms with Crippen LogP contribution in [0, 0.1) is 5.92 Å². The topological polar surface area (TPSA) is 95.9 Å². The van der Waals surface area contributed by atoms with Gasteiger partial charge in [0.2, 0.25) is 11.8 Å². The van der Waals surface area contributed by atoms with Crippen molar-refractivity contribution in [1.29, 1.82) is 0 Å². The van der Waals surface area contributed by atoms with Crippen molar-refractivity contribution >= 4 is 29.5 Å². The van der Waals surface area contributed by atoms with Crippen LogP contribution in [0.4, 0.5) is 0 Å². The van der Waals surface area contributed by atoms with Crippen molar-refractivity contribution in [2.24, 2.45) is 5.92 Å². The number of hydrogen-bond acceptors (Lipinski definition) is 6. The van der Waals surface area contributed by atoms with Gasteiger partial charge in [0.05, 0.1) is 24.6 Å². The Bertz CT molecular complexity index is 1160. The monoisotopic (exact) mass is 564 g/mol. The number of ether oxygens (including phenoxy) is 1. The summed E-state index contributed by atoms with van der Waals surface area (Å²) in [5.41, 5.74) is 3.41. The van der Waals surface area contributed by atoms with Gasteiger partial charge >= 0.3 is 5.97 Å². The van der Waals surface area contributed by atoms with E-state index in [1.807, 2.05) is 54.6 Å². The Balaban J connectivity index is 1.44. The third-order valence-electron chi connectivity index (χ3n) is 7.49. The van der Waals surface area contributed by atoms with Crippen LogP contribution < -0.4 is 5.32 Å². The standard InChI is InChI=1S/C32H40N2O5S/c35-20-29-17-25-13-9-10-15-27(25)19-34(29)30(36)18-26-14-7-2-1-3-8-16-31(37)39-21-28(33-32(26)38)23-40-22-24-11-5-4-6-12-24/h2,4-7,9-13,15,26,28-29,35H,1,3,8,14,16-23H2,(H,33,38)/t26-,28-,29+/m1/s1. The SMILES string of the molecule is O=C1CCCCC=CC[C@H](CC(=O)N2Cc3ccccc3C[C@H]2CO)C(=O)N[C@@H](CSCc2ccccc2)CO1. The fourth-order valence-electron chi connectivity index (χ4n) is 5.17. The van der Waals surface area contributed by atoms with Crippen LogP contribution in [0.5, 0.6) is 0 Å². The largest absolute Gasteiger partial charge is 0.463 e. The Morgan fingerprint density at radius 3 is 2.60 bits per heavy atom. The van der Waals surface area contributed by atoms with Crippen molar-refractivity contribution in [1.82, 2.24) is 10.2 Å². The van der Waals surface area contributed by atoms with Crippen LogP contribution in [-0.2, 0) is 37.8 Å². The summed E-state index contributed by atoms with van der Waals surface area (Å²) in [5, 5.41) is 13.1. The quantitative estimate of drug-likeness (QED) is 0.382. The van der Waals surface area contributed by atoms with E-state index in [9.17, 15) is 19.5 Å². The number of nitrogens with zero attached hydrogens (tertiary/aromatic N) is 1. The maximum atomic E-state index is 13.6. The van der Waals surface area contributed by atoms with Crippen LogP contribution in [0.2, 0.25) is 0 Å². The summed E-state index contributed by atoms with van der Waals surface area (Å²) in [7, 11) is 0. The molecule has 2 aromatic carbocycles. The highest BCUT2D eigenvalue weighted by atomic mass is 32.2. The molecule has 2 heterocycles. The van der Waals surface area contributed by atoms with Crippen molar-refractivity contribution in [3.8, 4) is 0 Å². The molecule has 4 rings (SSSR count). The molecule has 3 atom stereocenters. The van der Waals surface area contributed by atoms with Crippen molar-refractivity contribution < 1.29 is 24.2 Å². The predicted molar refractivity (Wildman–Crippen MR) is 157 cm³/mol. The second-order valence-electron chi connectivity index (χ2n) is 10.6. The molecule has 0 fully saturated rings. The highest BCUT2D eigenvalue weighted by molar-refractivity contribution is 7.98. The lowest BCUT2D eigenvalue weighted by molar-refractivity contribution is -0.145. The zero-order valence-electron chi connectivity index (χ0n) is 23.0. The second-order valence-corrected chi connectivity index (χ2v) is 11.6. The number of carbonyl (C=O) groups is 3. The number of thioether (sulfide) groups is 1. The molecule has 214 valence electrons. The van der Waals surface area contributed by atoms with Gasteiger partial charge < -0.3 is 20.1 Å². The van der Waals surface area contributed by atoms with E-state index in [4.69, 9.17) is 4.74 Å². The minimum Gasteiger partial charge on any atom is -0.463 e. The van der Waals surface area contributed by atoms with Gasteiger partial charge in [-0.25, -0.2) is 0 Å². The Hall–Kier alpha value is -3.10. The molecule has 0 spiro atoms. The number of aliphatic hydroxyl groups is 1. The van der Waals surface area contributed by atoms with Crippen LogP contribution in [0.15, 0.2) is 66.7 Å². The molecule has 2 aromatic rings. The molecule has 0 aliphatic carbocycles. The van der Waals surface area contributed by atoms with Crippen LogP contribution in [0.25, 0.3) is 0 Å². The van der Waals surface area contributed by atoms with E-state index in [0.29, 0.717) is 31.6 Å². The number of nitrogens with one attached hydrogen (secondary N) is 1. The second kappa shape index (κ2) is 15.6. The van der Waals surface area contributed by atoms with Crippen molar-refractivity contribution in [2.45, 2.75) is 69.3 Å². The molecule has 7 nitrogen and oxygen atoms in total. The maximum absolute atomic E-state index is 13.6. The van der Waals surface area contributed by atoms with E-state index in [2.05, 4.69) is 17.4 Å².